The van der Waals surface area contributed by atoms with Crippen LogP contribution in [0.15, 0.2) is 48.7 Å². The molecule has 1 aromatic heterocycles. The van der Waals surface area contributed by atoms with Gasteiger partial charge in [0.05, 0.1) is 6.54 Å². The predicted molar refractivity (Wildman–Crippen MR) is 112 cm³/mol. The van der Waals surface area contributed by atoms with Gasteiger partial charge in [-0.3, -0.25) is 15.0 Å². The lowest BCUT2D eigenvalue weighted by molar-refractivity contribution is -0.0652. The molecular weight excluding hydrogens is 384 g/mol. The summed E-state index contributed by atoms with van der Waals surface area (Å²) in [7, 11) is 0. The van der Waals surface area contributed by atoms with Gasteiger partial charge in [-0.05, 0) is 38.5 Å². The van der Waals surface area contributed by atoms with E-state index in [9.17, 15) is 14.8 Å². The molecule has 0 radical (unpaired) electrons. The van der Waals surface area contributed by atoms with Crippen LogP contribution in [-0.2, 0) is 11.3 Å². The maximum atomic E-state index is 12.6. The number of hydroxylamine groups is 2. The lowest BCUT2D eigenvalue weighted by Gasteiger charge is -2.36. The Labute approximate surface area is 176 Å². The zero-order valence-corrected chi connectivity index (χ0v) is 17.6. The number of hydrogen-bond acceptors (Lipinski definition) is 6. The Bertz CT molecular complexity index is 874. The predicted octanol–water partition coefficient (Wildman–Crippen LogP) is 3.17. The summed E-state index contributed by atoms with van der Waals surface area (Å²) in [6.07, 6.45) is 1.24. The third kappa shape index (κ3) is 5.70. The number of amides is 2. The number of hydrogen-bond donors (Lipinski definition) is 1. The minimum Gasteiger partial charge on any atom is -0.444 e. The molecule has 0 bridgehead atoms. The number of aromatic nitrogens is 1. The van der Waals surface area contributed by atoms with Gasteiger partial charge in [0.25, 0.3) is 5.91 Å². The van der Waals surface area contributed by atoms with Crippen molar-refractivity contribution < 1.29 is 19.5 Å². The smallest absolute Gasteiger partial charge is 0.410 e. The first-order chi connectivity index (χ1) is 14.2. The first-order valence-corrected chi connectivity index (χ1v) is 9.96. The Morgan fingerprint density at radius 1 is 1.10 bits per heavy atom. The van der Waals surface area contributed by atoms with E-state index >= 15 is 0 Å². The van der Waals surface area contributed by atoms with E-state index in [0.29, 0.717) is 31.2 Å². The van der Waals surface area contributed by atoms with Crippen LogP contribution in [0.1, 0.15) is 36.8 Å². The molecule has 0 aliphatic carbocycles. The van der Waals surface area contributed by atoms with Crippen LogP contribution >= 0.6 is 0 Å². The summed E-state index contributed by atoms with van der Waals surface area (Å²) in [6, 6.07) is 12.7. The SMILES string of the molecule is CC(C)(C)OC(=O)N1CCN(c2ccnc(C(=O)N(O)Cc3ccccc3)c2)CC1. The number of pyridine rings is 1. The van der Waals surface area contributed by atoms with Crippen molar-refractivity contribution in [3.63, 3.8) is 0 Å². The topological polar surface area (TPSA) is 86.2 Å². The summed E-state index contributed by atoms with van der Waals surface area (Å²) >= 11 is 0. The van der Waals surface area contributed by atoms with Crippen molar-refractivity contribution in [2.75, 3.05) is 31.1 Å². The maximum absolute atomic E-state index is 12.6. The minimum absolute atomic E-state index is 0.0835. The lowest BCUT2D eigenvalue weighted by atomic mass is 10.2. The monoisotopic (exact) mass is 412 g/mol. The van der Waals surface area contributed by atoms with Crippen LogP contribution in [0, 0.1) is 0 Å². The number of carbonyl (C=O) groups is 2. The van der Waals surface area contributed by atoms with Crippen molar-refractivity contribution in [1.82, 2.24) is 14.9 Å². The molecule has 1 saturated heterocycles. The van der Waals surface area contributed by atoms with Crippen LogP contribution in [0.3, 0.4) is 0 Å². The van der Waals surface area contributed by atoms with Crippen LogP contribution in [-0.4, -0.2) is 63.9 Å². The van der Waals surface area contributed by atoms with Gasteiger partial charge in [0, 0.05) is 38.1 Å². The van der Waals surface area contributed by atoms with Gasteiger partial charge >= 0.3 is 6.09 Å². The van der Waals surface area contributed by atoms with Gasteiger partial charge in [0.2, 0.25) is 0 Å². The average Bonchev–Trinajstić information content (AvgIpc) is 2.73. The third-order valence-electron chi connectivity index (χ3n) is 4.67. The average molecular weight is 412 g/mol. The highest BCUT2D eigenvalue weighted by atomic mass is 16.6. The van der Waals surface area contributed by atoms with Gasteiger partial charge in [0.15, 0.2) is 0 Å². The number of benzene rings is 1. The van der Waals surface area contributed by atoms with E-state index in [1.165, 1.54) is 0 Å². The van der Waals surface area contributed by atoms with Crippen molar-refractivity contribution in [2.24, 2.45) is 0 Å². The Kier molecular flexibility index (Phi) is 6.56. The van der Waals surface area contributed by atoms with Gasteiger partial charge < -0.3 is 14.5 Å². The highest BCUT2D eigenvalue weighted by Gasteiger charge is 2.26. The number of carbonyl (C=O) groups excluding carboxylic acids is 2. The molecule has 1 aliphatic heterocycles. The molecule has 1 N–H and O–H groups in total. The molecule has 160 valence electrons. The highest BCUT2D eigenvalue weighted by molar-refractivity contribution is 5.92. The second-order valence-corrected chi connectivity index (χ2v) is 8.20. The van der Waals surface area contributed by atoms with Gasteiger partial charge in [0.1, 0.15) is 11.3 Å². The summed E-state index contributed by atoms with van der Waals surface area (Å²) in [5, 5.41) is 10.9. The number of nitrogens with zero attached hydrogens (tertiary/aromatic N) is 4. The van der Waals surface area contributed by atoms with E-state index in [-0.39, 0.29) is 18.3 Å². The lowest BCUT2D eigenvalue weighted by Crippen LogP contribution is -2.50. The largest absolute Gasteiger partial charge is 0.444 e. The quantitative estimate of drug-likeness (QED) is 0.613. The molecule has 0 atom stereocenters. The molecule has 0 spiro atoms. The Balaban J connectivity index is 1.60. The summed E-state index contributed by atoms with van der Waals surface area (Å²) in [6.45, 7) is 7.91. The maximum Gasteiger partial charge on any atom is 0.410 e. The van der Waals surface area contributed by atoms with Gasteiger partial charge in [-0.2, -0.15) is 0 Å². The number of anilines is 1. The van der Waals surface area contributed by atoms with E-state index in [1.807, 2.05) is 57.2 Å². The fourth-order valence-electron chi connectivity index (χ4n) is 3.17. The van der Waals surface area contributed by atoms with Crippen LogP contribution in [0.5, 0.6) is 0 Å². The minimum atomic E-state index is -0.562. The normalized spacial score (nSPS) is 14.4. The van der Waals surface area contributed by atoms with Crippen LogP contribution in [0.25, 0.3) is 0 Å². The fourth-order valence-corrected chi connectivity index (χ4v) is 3.17. The molecule has 30 heavy (non-hydrogen) atoms. The molecular formula is C22H28N4O4. The zero-order chi connectivity index (χ0) is 21.7. The summed E-state index contributed by atoms with van der Waals surface area (Å²) < 4.78 is 5.42. The van der Waals surface area contributed by atoms with Crippen molar-refractivity contribution in [2.45, 2.75) is 32.9 Å². The van der Waals surface area contributed by atoms with Gasteiger partial charge in [-0.1, -0.05) is 30.3 Å². The van der Waals surface area contributed by atoms with Gasteiger partial charge in [-0.15, -0.1) is 0 Å². The van der Waals surface area contributed by atoms with Crippen molar-refractivity contribution >= 4 is 17.7 Å². The Hall–Kier alpha value is -3.13. The highest BCUT2D eigenvalue weighted by Crippen LogP contribution is 2.19. The van der Waals surface area contributed by atoms with Crippen LogP contribution in [0.4, 0.5) is 10.5 Å². The first-order valence-electron chi connectivity index (χ1n) is 9.96. The van der Waals surface area contributed by atoms with Crippen LogP contribution < -0.4 is 4.90 Å². The summed E-state index contributed by atoms with van der Waals surface area (Å²) in [4.78, 5) is 32.7. The Morgan fingerprint density at radius 2 is 1.77 bits per heavy atom. The second kappa shape index (κ2) is 9.13. The molecule has 0 unspecified atom stereocenters. The first kappa shape index (κ1) is 21.6. The third-order valence-corrected chi connectivity index (χ3v) is 4.67. The number of rotatable bonds is 4. The molecule has 2 heterocycles. The molecule has 1 aromatic carbocycles. The number of piperazine rings is 1. The number of ether oxygens (including phenoxy) is 1. The molecule has 3 rings (SSSR count). The van der Waals surface area contributed by atoms with Crippen molar-refractivity contribution in [1.29, 1.82) is 0 Å². The van der Waals surface area contributed by atoms with E-state index in [0.717, 1.165) is 11.3 Å². The summed E-state index contributed by atoms with van der Waals surface area (Å²) in [5.74, 6) is -0.562. The van der Waals surface area contributed by atoms with E-state index in [1.54, 1.807) is 17.2 Å². The molecule has 1 fully saturated rings. The van der Waals surface area contributed by atoms with Crippen molar-refractivity contribution in [3.8, 4) is 0 Å². The molecule has 2 amide bonds. The molecule has 8 nitrogen and oxygen atoms in total. The molecule has 2 aromatic rings. The van der Waals surface area contributed by atoms with Gasteiger partial charge in [-0.25, -0.2) is 9.86 Å². The summed E-state index contributed by atoms with van der Waals surface area (Å²) in [5.41, 5.74) is 1.29. The Morgan fingerprint density at radius 3 is 2.40 bits per heavy atom. The molecule has 1 aliphatic rings. The van der Waals surface area contributed by atoms with Crippen molar-refractivity contribution in [3.05, 3.63) is 59.9 Å². The molecule has 0 saturated carbocycles. The standard InChI is InChI=1S/C22H28N4O4/c1-22(2,3)30-21(28)25-13-11-24(12-14-25)18-9-10-23-19(15-18)20(27)26(29)16-17-7-5-4-6-8-17/h4-10,15,29H,11-14,16H2,1-3H3. The fraction of sp³-hybridized carbons (Fsp3) is 0.409. The van der Waals surface area contributed by atoms with E-state index in [2.05, 4.69) is 9.88 Å². The molecule has 8 heteroatoms. The van der Waals surface area contributed by atoms with Crippen LogP contribution in [0.2, 0.25) is 0 Å². The second-order valence-electron chi connectivity index (χ2n) is 8.20. The van der Waals surface area contributed by atoms with E-state index < -0.39 is 11.5 Å². The van der Waals surface area contributed by atoms with E-state index in [4.69, 9.17) is 4.74 Å². The zero-order valence-electron chi connectivity index (χ0n) is 17.6.